The van der Waals surface area contributed by atoms with Crippen LogP contribution in [0.4, 0.5) is 0 Å². The van der Waals surface area contributed by atoms with Gasteiger partial charge in [0, 0.05) is 7.05 Å². The van der Waals surface area contributed by atoms with E-state index in [0.29, 0.717) is 5.46 Å². The van der Waals surface area contributed by atoms with Crippen molar-refractivity contribution in [2.45, 2.75) is 12.5 Å². The van der Waals surface area contributed by atoms with Crippen molar-refractivity contribution in [3.63, 3.8) is 0 Å². The highest BCUT2D eigenvalue weighted by atomic mass is 16.2. The van der Waals surface area contributed by atoms with Crippen LogP contribution in [-0.2, 0) is 10.3 Å². The lowest BCUT2D eigenvalue weighted by molar-refractivity contribution is -0.130. The van der Waals surface area contributed by atoms with Gasteiger partial charge in [-0.15, -0.1) is 0 Å². The van der Waals surface area contributed by atoms with Crippen LogP contribution in [0, 0.1) is 0 Å². The summed E-state index contributed by atoms with van der Waals surface area (Å²) in [6.45, 7) is 1.74. The summed E-state index contributed by atoms with van der Waals surface area (Å²) < 4.78 is 0. The van der Waals surface area contributed by atoms with Gasteiger partial charge in [0.15, 0.2) is 11.5 Å². The molecule has 1 aliphatic heterocycles. The van der Waals surface area contributed by atoms with Crippen LogP contribution in [0.1, 0.15) is 12.5 Å². The average Bonchev–Trinajstić information content (AvgIpc) is 2.44. The number of hydrogen-bond acceptors (Lipinski definition) is 3. The van der Waals surface area contributed by atoms with Crippen LogP contribution in [-0.4, -0.2) is 31.7 Å². The molecule has 1 aromatic rings. The van der Waals surface area contributed by atoms with Crippen molar-refractivity contribution in [1.29, 1.82) is 0 Å². The second-order valence-electron chi connectivity index (χ2n) is 4.03. The summed E-state index contributed by atoms with van der Waals surface area (Å²) in [5.41, 5.74) is 6.05. The molecule has 0 aliphatic carbocycles. The van der Waals surface area contributed by atoms with E-state index in [2.05, 4.69) is 4.99 Å². The molecule has 1 atom stereocenters. The molecule has 5 heteroatoms. The summed E-state index contributed by atoms with van der Waals surface area (Å²) in [7, 11) is 7.31. The van der Waals surface area contributed by atoms with E-state index in [-0.39, 0.29) is 11.9 Å². The van der Waals surface area contributed by atoms with Crippen LogP contribution >= 0.6 is 0 Å². The first-order chi connectivity index (χ1) is 7.45. The number of rotatable bonds is 1. The zero-order valence-corrected chi connectivity index (χ0v) is 9.27. The van der Waals surface area contributed by atoms with Gasteiger partial charge in [0.25, 0.3) is 5.91 Å². The van der Waals surface area contributed by atoms with Crippen LogP contribution in [0.3, 0.4) is 0 Å². The van der Waals surface area contributed by atoms with Crippen molar-refractivity contribution in [2.24, 2.45) is 10.7 Å². The van der Waals surface area contributed by atoms with Crippen molar-refractivity contribution < 1.29 is 4.79 Å². The van der Waals surface area contributed by atoms with E-state index in [9.17, 15) is 4.79 Å². The third kappa shape index (κ3) is 1.40. The highest BCUT2D eigenvalue weighted by Gasteiger charge is 2.43. The van der Waals surface area contributed by atoms with Crippen molar-refractivity contribution >= 4 is 25.2 Å². The number of guanidine groups is 1. The number of benzene rings is 1. The Hall–Kier alpha value is -1.78. The van der Waals surface area contributed by atoms with Gasteiger partial charge in [0.1, 0.15) is 7.85 Å². The molecule has 2 N–H and O–H groups in total. The van der Waals surface area contributed by atoms with Crippen LogP contribution < -0.4 is 11.2 Å². The first-order valence-corrected chi connectivity index (χ1v) is 4.94. The third-order valence-corrected chi connectivity index (χ3v) is 2.85. The zero-order chi connectivity index (χ0) is 11.9. The van der Waals surface area contributed by atoms with Gasteiger partial charge < -0.3 is 5.73 Å². The molecule has 0 fully saturated rings. The van der Waals surface area contributed by atoms with Gasteiger partial charge in [-0.25, -0.2) is 4.99 Å². The Morgan fingerprint density at radius 3 is 2.69 bits per heavy atom. The van der Waals surface area contributed by atoms with E-state index in [1.807, 2.05) is 6.07 Å². The average molecular weight is 213 g/mol. The van der Waals surface area contributed by atoms with Gasteiger partial charge in [-0.3, -0.25) is 9.69 Å². The predicted molar refractivity (Wildman–Crippen MR) is 63.6 cm³/mol. The number of amides is 1. The monoisotopic (exact) mass is 213 g/mol. The van der Waals surface area contributed by atoms with Gasteiger partial charge in [0.2, 0.25) is 0 Å². The molecule has 16 heavy (non-hydrogen) atoms. The molecule has 1 aromatic carbocycles. The smallest absolute Gasteiger partial charge is 0.261 e. The lowest BCUT2D eigenvalue weighted by Gasteiger charge is -2.20. The number of aliphatic imine (C=N–C) groups is 1. The maximum atomic E-state index is 12.0. The Labute approximate surface area is 95.6 Å². The van der Waals surface area contributed by atoms with E-state index < -0.39 is 5.54 Å². The van der Waals surface area contributed by atoms with Crippen LogP contribution in [0.2, 0.25) is 0 Å². The molecule has 1 amide bonds. The minimum atomic E-state index is -0.950. The largest absolute Gasteiger partial charge is 0.369 e. The molecule has 1 unspecified atom stereocenters. The van der Waals surface area contributed by atoms with Crippen LogP contribution in [0.25, 0.3) is 0 Å². The standard InChI is InChI=1S/C11H12BN3O/c1-11(7-4-3-5-8(12)6-7)9(16)15(2)10(13)14-11/h3-6H,1-2H3,(H2,13,14). The summed E-state index contributed by atoms with van der Waals surface area (Å²) in [5.74, 6) is 0.0884. The normalized spacial score (nSPS) is 24.8. The number of likely N-dealkylation sites (N-methyl/N-ethyl adjacent to an activating group) is 1. The Morgan fingerprint density at radius 2 is 2.19 bits per heavy atom. The Balaban J connectivity index is 2.52. The summed E-state index contributed by atoms with van der Waals surface area (Å²) in [5, 5.41) is 0. The fourth-order valence-electron chi connectivity index (χ4n) is 1.81. The Kier molecular flexibility index (Phi) is 2.26. The molecule has 80 valence electrons. The molecule has 2 radical (unpaired) electrons. The highest BCUT2D eigenvalue weighted by molar-refractivity contribution is 6.32. The quantitative estimate of drug-likeness (QED) is 0.638. The summed E-state index contributed by atoms with van der Waals surface area (Å²) in [6.07, 6.45) is 0. The molecule has 2 rings (SSSR count). The number of hydrogen-bond donors (Lipinski definition) is 1. The predicted octanol–water partition coefficient (Wildman–Crippen LogP) is -0.518. The molecule has 0 saturated carbocycles. The first-order valence-electron chi connectivity index (χ1n) is 4.94. The van der Waals surface area contributed by atoms with Gasteiger partial charge in [0.05, 0.1) is 0 Å². The van der Waals surface area contributed by atoms with Crippen molar-refractivity contribution in [2.75, 3.05) is 7.05 Å². The van der Waals surface area contributed by atoms with Crippen molar-refractivity contribution in [3.8, 4) is 0 Å². The van der Waals surface area contributed by atoms with Crippen LogP contribution in [0.15, 0.2) is 29.3 Å². The van der Waals surface area contributed by atoms with E-state index in [0.717, 1.165) is 5.56 Å². The van der Waals surface area contributed by atoms with E-state index in [4.69, 9.17) is 13.6 Å². The molecular weight excluding hydrogens is 201 g/mol. The second-order valence-corrected chi connectivity index (χ2v) is 4.03. The molecule has 4 nitrogen and oxygen atoms in total. The zero-order valence-electron chi connectivity index (χ0n) is 9.27. The maximum Gasteiger partial charge on any atom is 0.261 e. The number of nitrogens with two attached hydrogens (primary N) is 1. The minimum absolute atomic E-state index is 0.143. The fraction of sp³-hybridized carbons (Fsp3) is 0.273. The second kappa shape index (κ2) is 3.37. The number of carbonyl (C=O) groups is 1. The highest BCUT2D eigenvalue weighted by Crippen LogP contribution is 2.30. The van der Waals surface area contributed by atoms with E-state index in [1.165, 1.54) is 4.90 Å². The molecular formula is C11H12BN3O. The topological polar surface area (TPSA) is 58.7 Å². The molecule has 0 bridgehead atoms. The van der Waals surface area contributed by atoms with Gasteiger partial charge in [-0.2, -0.15) is 0 Å². The maximum absolute atomic E-state index is 12.0. The molecule has 0 aromatic heterocycles. The number of nitrogens with zero attached hydrogens (tertiary/aromatic N) is 2. The fourth-order valence-corrected chi connectivity index (χ4v) is 1.81. The third-order valence-electron chi connectivity index (χ3n) is 2.85. The molecule has 0 saturated heterocycles. The van der Waals surface area contributed by atoms with Crippen LogP contribution in [0.5, 0.6) is 0 Å². The lowest BCUT2D eigenvalue weighted by atomic mass is 9.86. The molecule has 1 heterocycles. The summed E-state index contributed by atoms with van der Waals surface area (Å²) >= 11 is 0. The van der Waals surface area contributed by atoms with Crippen molar-refractivity contribution in [1.82, 2.24) is 4.90 Å². The molecule has 0 spiro atoms. The summed E-state index contributed by atoms with van der Waals surface area (Å²) in [6, 6.07) is 7.13. The van der Waals surface area contributed by atoms with Gasteiger partial charge in [-0.05, 0) is 12.5 Å². The lowest BCUT2D eigenvalue weighted by Crippen LogP contribution is -2.39. The number of carbonyl (C=O) groups excluding carboxylic acids is 1. The van der Waals surface area contributed by atoms with Gasteiger partial charge >= 0.3 is 0 Å². The Morgan fingerprint density at radius 1 is 1.50 bits per heavy atom. The molecule has 1 aliphatic rings. The Bertz CT molecular complexity index is 486. The van der Waals surface area contributed by atoms with E-state index >= 15 is 0 Å². The van der Waals surface area contributed by atoms with E-state index in [1.54, 1.807) is 32.2 Å². The SMILES string of the molecule is [B]c1cccc(C2(C)N=C(N)N(C)C2=O)c1. The summed E-state index contributed by atoms with van der Waals surface area (Å²) in [4.78, 5) is 17.6. The van der Waals surface area contributed by atoms with Gasteiger partial charge in [-0.1, -0.05) is 29.7 Å². The minimum Gasteiger partial charge on any atom is -0.369 e. The first kappa shape index (κ1) is 10.7. The van der Waals surface area contributed by atoms with Crippen molar-refractivity contribution in [3.05, 3.63) is 29.8 Å².